The van der Waals surface area contributed by atoms with Gasteiger partial charge in [0.05, 0.1) is 17.8 Å². The zero-order valence-corrected chi connectivity index (χ0v) is 16.1. The minimum atomic E-state index is -0.206. The van der Waals surface area contributed by atoms with Crippen LogP contribution in [0.15, 0.2) is 0 Å². The largest absolute Gasteiger partial charge is 0.385 e. The van der Waals surface area contributed by atoms with Gasteiger partial charge in [-0.25, -0.2) is 0 Å². The summed E-state index contributed by atoms with van der Waals surface area (Å²) in [6.07, 6.45) is 3.14. The highest BCUT2D eigenvalue weighted by atomic mass is 16.5. The van der Waals surface area contributed by atoms with Gasteiger partial charge < -0.3 is 19.9 Å². The van der Waals surface area contributed by atoms with Crippen molar-refractivity contribution in [2.45, 2.75) is 91.6 Å². The van der Waals surface area contributed by atoms with Crippen molar-refractivity contribution in [2.75, 3.05) is 20.3 Å². The van der Waals surface area contributed by atoms with Gasteiger partial charge in [-0.05, 0) is 59.3 Å². The quantitative estimate of drug-likeness (QED) is 0.557. The first-order valence-corrected chi connectivity index (χ1v) is 8.55. The fourth-order valence-electron chi connectivity index (χ4n) is 2.71. The monoisotopic (exact) mass is 317 g/mol. The third kappa shape index (κ3) is 8.47. The van der Waals surface area contributed by atoms with Gasteiger partial charge in [0, 0.05) is 26.4 Å². The molecule has 134 valence electrons. The van der Waals surface area contributed by atoms with Crippen molar-refractivity contribution in [1.29, 1.82) is 0 Å². The second kappa shape index (κ2) is 9.86. The number of hydrogen-bond donors (Lipinski definition) is 1. The van der Waals surface area contributed by atoms with Crippen molar-refractivity contribution in [3.63, 3.8) is 0 Å². The van der Waals surface area contributed by atoms with Crippen molar-refractivity contribution in [3.05, 3.63) is 0 Å². The van der Waals surface area contributed by atoms with Crippen molar-refractivity contribution in [3.8, 4) is 0 Å². The Kier molecular flexibility index (Phi) is 9.79. The summed E-state index contributed by atoms with van der Waals surface area (Å²) in [5, 5.41) is 0. The molecule has 0 aromatic rings. The zero-order valence-electron chi connectivity index (χ0n) is 16.1. The lowest BCUT2D eigenvalue weighted by Crippen LogP contribution is -2.44. The number of nitrogens with two attached hydrogens (primary N) is 1. The van der Waals surface area contributed by atoms with Gasteiger partial charge in [-0.15, -0.1) is 0 Å². The summed E-state index contributed by atoms with van der Waals surface area (Å²) in [6.45, 7) is 16.5. The van der Waals surface area contributed by atoms with Crippen molar-refractivity contribution in [1.82, 2.24) is 0 Å². The Balaban J connectivity index is 4.39. The number of ether oxygens (including phenoxy) is 3. The molecule has 0 radical (unpaired) electrons. The van der Waals surface area contributed by atoms with E-state index in [1.165, 1.54) is 0 Å². The highest BCUT2D eigenvalue weighted by Gasteiger charge is 2.39. The lowest BCUT2D eigenvalue weighted by molar-refractivity contribution is -0.123. The normalized spacial score (nSPS) is 17.3. The molecule has 3 atom stereocenters. The Morgan fingerprint density at radius 2 is 1.55 bits per heavy atom. The molecule has 0 aliphatic carbocycles. The van der Waals surface area contributed by atoms with Crippen LogP contribution in [-0.4, -0.2) is 44.2 Å². The maximum atomic E-state index is 6.11. The van der Waals surface area contributed by atoms with Crippen LogP contribution in [0, 0.1) is 5.41 Å². The van der Waals surface area contributed by atoms with Gasteiger partial charge in [0.15, 0.2) is 0 Å². The molecule has 4 heteroatoms. The van der Waals surface area contributed by atoms with Crippen LogP contribution in [0.4, 0.5) is 0 Å². The fourth-order valence-corrected chi connectivity index (χ4v) is 2.71. The van der Waals surface area contributed by atoms with Crippen LogP contribution in [-0.2, 0) is 14.2 Å². The van der Waals surface area contributed by atoms with Crippen LogP contribution >= 0.6 is 0 Å². The molecule has 0 aromatic carbocycles. The van der Waals surface area contributed by atoms with Crippen LogP contribution < -0.4 is 5.73 Å². The maximum absolute atomic E-state index is 6.11. The van der Waals surface area contributed by atoms with Crippen LogP contribution in [0.2, 0.25) is 0 Å². The second-order valence-corrected chi connectivity index (χ2v) is 7.76. The zero-order chi connectivity index (χ0) is 17.4. The topological polar surface area (TPSA) is 53.7 Å². The molecule has 22 heavy (non-hydrogen) atoms. The second-order valence-electron chi connectivity index (χ2n) is 7.76. The molecule has 3 unspecified atom stereocenters. The Hall–Kier alpha value is -0.160. The van der Waals surface area contributed by atoms with Gasteiger partial charge in [0.2, 0.25) is 0 Å². The number of methoxy groups -OCH3 is 1. The molecule has 0 heterocycles. The van der Waals surface area contributed by atoms with E-state index in [1.54, 1.807) is 7.11 Å². The van der Waals surface area contributed by atoms with E-state index in [0.29, 0.717) is 0 Å². The molecule has 0 saturated heterocycles. The SMILES string of the molecule is COCCCOC(C)(C)C(C)(C)CC(C)OC(C)CC(C)N. The van der Waals surface area contributed by atoms with Crippen molar-refractivity contribution < 1.29 is 14.2 Å². The molecule has 0 saturated carbocycles. The summed E-state index contributed by atoms with van der Waals surface area (Å²) >= 11 is 0. The summed E-state index contributed by atoms with van der Waals surface area (Å²) in [5.74, 6) is 0. The lowest BCUT2D eigenvalue weighted by atomic mass is 9.73. The summed E-state index contributed by atoms with van der Waals surface area (Å²) in [5.41, 5.74) is 5.65. The average molecular weight is 318 g/mol. The predicted molar refractivity (Wildman–Crippen MR) is 93.2 cm³/mol. The van der Waals surface area contributed by atoms with Gasteiger partial charge in [-0.2, -0.15) is 0 Å². The Labute approximate surface area is 138 Å². The van der Waals surface area contributed by atoms with Crippen LogP contribution in [0.1, 0.15) is 67.7 Å². The molecule has 0 aliphatic rings. The minimum Gasteiger partial charge on any atom is -0.385 e. The average Bonchev–Trinajstić information content (AvgIpc) is 2.32. The molecule has 0 fully saturated rings. The Morgan fingerprint density at radius 3 is 2.05 bits per heavy atom. The van der Waals surface area contributed by atoms with Gasteiger partial charge >= 0.3 is 0 Å². The maximum Gasteiger partial charge on any atom is 0.0678 e. The van der Waals surface area contributed by atoms with E-state index in [1.807, 2.05) is 6.92 Å². The van der Waals surface area contributed by atoms with E-state index in [4.69, 9.17) is 19.9 Å². The molecule has 0 amide bonds. The molecule has 0 spiro atoms. The highest BCUT2D eigenvalue weighted by molar-refractivity contribution is 4.89. The molecule has 0 aliphatic heterocycles. The molecule has 0 aromatic heterocycles. The van der Waals surface area contributed by atoms with Crippen molar-refractivity contribution >= 4 is 0 Å². The van der Waals surface area contributed by atoms with Crippen LogP contribution in [0.5, 0.6) is 0 Å². The van der Waals surface area contributed by atoms with E-state index in [9.17, 15) is 0 Å². The van der Waals surface area contributed by atoms with Gasteiger partial charge in [0.25, 0.3) is 0 Å². The van der Waals surface area contributed by atoms with Crippen LogP contribution in [0.3, 0.4) is 0 Å². The minimum absolute atomic E-state index is 0.0214. The summed E-state index contributed by atoms with van der Waals surface area (Å²) in [7, 11) is 1.72. The molecule has 2 N–H and O–H groups in total. The molecular formula is C18H39NO3. The predicted octanol–water partition coefficient (Wildman–Crippen LogP) is 3.77. The standard InChI is InChI=1S/C18H39NO3/c1-14(19)12-15(2)22-16(3)13-17(4,5)18(6,7)21-11-9-10-20-8/h14-16H,9-13,19H2,1-8H3. The molecule has 0 rings (SSSR count). The number of rotatable bonds is 12. The van der Waals surface area contributed by atoms with Gasteiger partial charge in [-0.3, -0.25) is 0 Å². The summed E-state index contributed by atoms with van der Waals surface area (Å²) in [4.78, 5) is 0. The first-order chi connectivity index (χ1) is 10.0. The van der Waals surface area contributed by atoms with E-state index < -0.39 is 0 Å². The number of hydrogen-bond acceptors (Lipinski definition) is 4. The fraction of sp³-hybridized carbons (Fsp3) is 1.00. The van der Waals surface area contributed by atoms with Gasteiger partial charge in [-0.1, -0.05) is 13.8 Å². The van der Waals surface area contributed by atoms with Gasteiger partial charge in [0.1, 0.15) is 0 Å². The van der Waals surface area contributed by atoms with E-state index in [-0.39, 0.29) is 29.3 Å². The van der Waals surface area contributed by atoms with E-state index in [0.717, 1.165) is 32.5 Å². The third-order valence-electron chi connectivity index (χ3n) is 4.55. The molecular weight excluding hydrogens is 278 g/mol. The highest BCUT2D eigenvalue weighted by Crippen LogP contribution is 2.38. The Morgan fingerprint density at radius 1 is 0.955 bits per heavy atom. The summed E-state index contributed by atoms with van der Waals surface area (Å²) < 4.78 is 17.3. The Bertz CT molecular complexity index is 290. The smallest absolute Gasteiger partial charge is 0.0678 e. The summed E-state index contributed by atoms with van der Waals surface area (Å²) in [6, 6.07) is 0.177. The van der Waals surface area contributed by atoms with Crippen molar-refractivity contribution in [2.24, 2.45) is 11.1 Å². The third-order valence-corrected chi connectivity index (χ3v) is 4.55. The first kappa shape index (κ1) is 21.8. The lowest BCUT2D eigenvalue weighted by Gasteiger charge is -2.43. The molecule has 4 nitrogen and oxygen atoms in total. The van der Waals surface area contributed by atoms with E-state index >= 15 is 0 Å². The van der Waals surface area contributed by atoms with Crippen LogP contribution in [0.25, 0.3) is 0 Å². The first-order valence-electron chi connectivity index (χ1n) is 8.55. The molecule has 0 bridgehead atoms. The van der Waals surface area contributed by atoms with E-state index in [2.05, 4.69) is 41.5 Å².